The van der Waals surface area contributed by atoms with Crippen LogP contribution in [0.15, 0.2) is 18.2 Å². The molecule has 1 aromatic carbocycles. The quantitative estimate of drug-likeness (QED) is 0.932. The van der Waals surface area contributed by atoms with E-state index in [1.54, 1.807) is 18.2 Å². The van der Waals surface area contributed by atoms with Crippen LogP contribution >= 0.6 is 11.6 Å². The van der Waals surface area contributed by atoms with Crippen LogP contribution in [0.1, 0.15) is 32.3 Å². The molecular weight excluding hydrogens is 286 g/mol. The van der Waals surface area contributed by atoms with Crippen molar-refractivity contribution in [3.8, 4) is 6.07 Å². The number of likely N-dealkylation sites (tertiary alicyclic amines) is 1. The Labute approximate surface area is 130 Å². The first-order valence-electron chi connectivity index (χ1n) is 7.26. The summed E-state index contributed by atoms with van der Waals surface area (Å²) in [5.74, 6) is 0.708. The van der Waals surface area contributed by atoms with E-state index in [1.807, 2.05) is 13.0 Å². The van der Waals surface area contributed by atoms with E-state index in [0.717, 1.165) is 31.8 Å². The lowest BCUT2D eigenvalue weighted by molar-refractivity contribution is -0.121. The van der Waals surface area contributed by atoms with Crippen LogP contribution in [0, 0.1) is 17.2 Å². The molecule has 0 aliphatic carbocycles. The molecule has 2 rings (SSSR count). The first kappa shape index (κ1) is 15.8. The zero-order valence-electron chi connectivity index (χ0n) is 12.4. The predicted octanol–water partition coefficient (Wildman–Crippen LogP) is 3.27. The Morgan fingerprint density at radius 3 is 2.71 bits per heavy atom. The summed E-state index contributed by atoms with van der Waals surface area (Å²) in [6.45, 7) is 6.10. The highest BCUT2D eigenvalue weighted by atomic mass is 35.5. The average molecular weight is 306 g/mol. The number of piperidine rings is 1. The molecule has 0 saturated carbocycles. The summed E-state index contributed by atoms with van der Waals surface area (Å²) in [4.78, 5) is 14.5. The molecule has 112 valence electrons. The minimum absolute atomic E-state index is 0.0367. The number of amides is 1. The number of halogens is 1. The fraction of sp³-hybridized carbons (Fsp3) is 0.500. The Kier molecular flexibility index (Phi) is 5.22. The Morgan fingerprint density at radius 2 is 2.14 bits per heavy atom. The molecule has 1 N–H and O–H groups in total. The summed E-state index contributed by atoms with van der Waals surface area (Å²) in [5.41, 5.74) is 1.04. The topological polar surface area (TPSA) is 56.1 Å². The number of hydrogen-bond acceptors (Lipinski definition) is 3. The van der Waals surface area contributed by atoms with Gasteiger partial charge in [0.25, 0.3) is 0 Å². The second-order valence-corrected chi connectivity index (χ2v) is 6.10. The lowest BCUT2D eigenvalue weighted by atomic mass is 9.98. The Hall–Kier alpha value is -1.57. The van der Waals surface area contributed by atoms with E-state index in [-0.39, 0.29) is 11.9 Å². The van der Waals surface area contributed by atoms with E-state index in [1.165, 1.54) is 0 Å². The lowest BCUT2D eigenvalue weighted by Gasteiger charge is -2.34. The second kappa shape index (κ2) is 6.93. The summed E-state index contributed by atoms with van der Waals surface area (Å²) in [5, 5.41) is 12.1. The molecule has 1 saturated heterocycles. The second-order valence-electron chi connectivity index (χ2n) is 5.69. The van der Waals surface area contributed by atoms with Crippen molar-refractivity contribution in [3.63, 3.8) is 0 Å². The van der Waals surface area contributed by atoms with Crippen molar-refractivity contribution in [2.24, 2.45) is 5.92 Å². The SMILES string of the molecule is CC1CCN([C@@H](C)C(=O)Nc2ccc(C#N)c(Cl)c2)CC1. The van der Waals surface area contributed by atoms with Crippen molar-refractivity contribution in [2.75, 3.05) is 18.4 Å². The predicted molar refractivity (Wildman–Crippen MR) is 84.2 cm³/mol. The van der Waals surface area contributed by atoms with Gasteiger partial charge in [-0.05, 0) is 57.0 Å². The number of carbonyl (C=O) groups is 1. The number of carbonyl (C=O) groups excluding carboxylic acids is 1. The molecule has 0 bridgehead atoms. The normalized spacial score (nSPS) is 18.0. The maximum atomic E-state index is 12.3. The van der Waals surface area contributed by atoms with Crippen LogP contribution in [-0.2, 0) is 4.79 Å². The van der Waals surface area contributed by atoms with Gasteiger partial charge in [-0.1, -0.05) is 18.5 Å². The largest absolute Gasteiger partial charge is 0.325 e. The van der Waals surface area contributed by atoms with E-state index < -0.39 is 0 Å². The summed E-state index contributed by atoms with van der Waals surface area (Å²) in [7, 11) is 0. The van der Waals surface area contributed by atoms with Crippen molar-refractivity contribution >= 4 is 23.2 Å². The zero-order chi connectivity index (χ0) is 15.4. The van der Waals surface area contributed by atoms with Gasteiger partial charge >= 0.3 is 0 Å². The highest BCUT2D eigenvalue weighted by Gasteiger charge is 2.25. The van der Waals surface area contributed by atoms with Crippen LogP contribution < -0.4 is 5.32 Å². The number of benzene rings is 1. The number of nitrogens with one attached hydrogen (secondary N) is 1. The van der Waals surface area contributed by atoms with Gasteiger partial charge in [-0.2, -0.15) is 5.26 Å². The molecule has 4 nitrogen and oxygen atoms in total. The van der Waals surface area contributed by atoms with E-state index in [4.69, 9.17) is 16.9 Å². The van der Waals surface area contributed by atoms with Crippen molar-refractivity contribution in [2.45, 2.75) is 32.7 Å². The molecule has 1 fully saturated rings. The molecule has 0 aromatic heterocycles. The number of nitriles is 1. The standard InChI is InChI=1S/C16H20ClN3O/c1-11-5-7-20(8-6-11)12(2)16(21)19-14-4-3-13(10-18)15(17)9-14/h3-4,9,11-12H,5-8H2,1-2H3,(H,19,21)/t12-/m0/s1. The third-order valence-corrected chi connectivity index (χ3v) is 4.42. The third-order valence-electron chi connectivity index (χ3n) is 4.10. The molecule has 0 spiro atoms. The molecule has 1 aliphatic rings. The first-order chi connectivity index (χ1) is 10.0. The molecule has 0 unspecified atom stereocenters. The van der Waals surface area contributed by atoms with Gasteiger partial charge in [-0.15, -0.1) is 0 Å². The smallest absolute Gasteiger partial charge is 0.241 e. The Bertz CT molecular complexity index is 559. The van der Waals surface area contributed by atoms with Gasteiger partial charge in [0.1, 0.15) is 6.07 Å². The molecule has 1 aliphatic heterocycles. The fourth-order valence-corrected chi connectivity index (χ4v) is 2.73. The molecule has 5 heteroatoms. The van der Waals surface area contributed by atoms with Crippen molar-refractivity contribution in [1.82, 2.24) is 4.90 Å². The van der Waals surface area contributed by atoms with Crippen molar-refractivity contribution in [3.05, 3.63) is 28.8 Å². The van der Waals surface area contributed by atoms with Crippen LogP contribution in [0.4, 0.5) is 5.69 Å². The Morgan fingerprint density at radius 1 is 1.48 bits per heavy atom. The van der Waals surface area contributed by atoms with Gasteiger partial charge in [-0.25, -0.2) is 0 Å². The molecular formula is C16H20ClN3O. The highest BCUT2D eigenvalue weighted by molar-refractivity contribution is 6.32. The van der Waals surface area contributed by atoms with Crippen molar-refractivity contribution in [1.29, 1.82) is 5.26 Å². The maximum Gasteiger partial charge on any atom is 0.241 e. The van der Waals surface area contributed by atoms with Gasteiger partial charge in [0.15, 0.2) is 0 Å². The van der Waals surface area contributed by atoms with Crippen LogP contribution in [0.5, 0.6) is 0 Å². The van der Waals surface area contributed by atoms with Crippen molar-refractivity contribution < 1.29 is 4.79 Å². The monoisotopic (exact) mass is 305 g/mol. The summed E-state index contributed by atoms with van der Waals surface area (Å²) < 4.78 is 0. The van der Waals surface area contributed by atoms with Gasteiger partial charge in [-0.3, -0.25) is 9.69 Å². The highest BCUT2D eigenvalue weighted by Crippen LogP contribution is 2.22. The van der Waals surface area contributed by atoms with E-state index in [2.05, 4.69) is 17.1 Å². The first-order valence-corrected chi connectivity index (χ1v) is 7.63. The molecule has 0 radical (unpaired) electrons. The molecule has 1 aromatic rings. The number of anilines is 1. The molecule has 1 amide bonds. The maximum absolute atomic E-state index is 12.3. The molecule has 1 atom stereocenters. The van der Waals surface area contributed by atoms with Gasteiger partial charge < -0.3 is 5.32 Å². The molecule has 21 heavy (non-hydrogen) atoms. The summed E-state index contributed by atoms with van der Waals surface area (Å²) >= 11 is 5.97. The van der Waals surface area contributed by atoms with E-state index in [9.17, 15) is 4.79 Å². The zero-order valence-corrected chi connectivity index (χ0v) is 13.2. The number of rotatable bonds is 3. The minimum atomic E-state index is -0.160. The summed E-state index contributed by atoms with van der Waals surface area (Å²) in [6.07, 6.45) is 2.28. The van der Waals surface area contributed by atoms with E-state index >= 15 is 0 Å². The van der Waals surface area contributed by atoms with Crippen LogP contribution in [0.25, 0.3) is 0 Å². The number of nitrogens with zero attached hydrogens (tertiary/aromatic N) is 2. The van der Waals surface area contributed by atoms with Gasteiger partial charge in [0.05, 0.1) is 16.6 Å². The van der Waals surface area contributed by atoms with Crippen LogP contribution in [0.2, 0.25) is 5.02 Å². The minimum Gasteiger partial charge on any atom is -0.325 e. The van der Waals surface area contributed by atoms with Crippen LogP contribution in [-0.4, -0.2) is 29.9 Å². The van der Waals surface area contributed by atoms with Crippen LogP contribution in [0.3, 0.4) is 0 Å². The third kappa shape index (κ3) is 3.96. The fourth-order valence-electron chi connectivity index (χ4n) is 2.51. The lowest BCUT2D eigenvalue weighted by Crippen LogP contribution is -2.45. The Balaban J connectivity index is 1.97. The molecule has 1 heterocycles. The number of hydrogen-bond donors (Lipinski definition) is 1. The summed E-state index contributed by atoms with van der Waals surface area (Å²) in [6, 6.07) is 6.77. The van der Waals surface area contributed by atoms with Gasteiger partial charge in [0, 0.05) is 5.69 Å². The van der Waals surface area contributed by atoms with E-state index in [0.29, 0.717) is 16.3 Å². The average Bonchev–Trinajstić information content (AvgIpc) is 2.47. The van der Waals surface area contributed by atoms with Gasteiger partial charge in [0.2, 0.25) is 5.91 Å².